The van der Waals surface area contributed by atoms with Crippen LogP contribution in [0.2, 0.25) is 0 Å². The van der Waals surface area contributed by atoms with Crippen molar-refractivity contribution in [3.05, 3.63) is 28.8 Å². The van der Waals surface area contributed by atoms with Gasteiger partial charge in [-0.15, -0.1) is 11.3 Å². The van der Waals surface area contributed by atoms with Gasteiger partial charge in [0.25, 0.3) is 0 Å². The summed E-state index contributed by atoms with van der Waals surface area (Å²) in [5.74, 6) is -1.59. The van der Waals surface area contributed by atoms with Gasteiger partial charge < -0.3 is 19.7 Å². The van der Waals surface area contributed by atoms with E-state index in [9.17, 15) is 19.8 Å². The third-order valence-corrected chi connectivity index (χ3v) is 9.68. The van der Waals surface area contributed by atoms with E-state index < -0.39 is 35.1 Å². The summed E-state index contributed by atoms with van der Waals surface area (Å²) >= 11 is 1.62. The molecule has 0 bridgehead atoms. The van der Waals surface area contributed by atoms with Gasteiger partial charge >= 0.3 is 5.97 Å². The number of aliphatic hydroxyl groups excluding tert-OH is 2. The van der Waals surface area contributed by atoms with Gasteiger partial charge in [0.1, 0.15) is 11.4 Å². The lowest BCUT2D eigenvalue weighted by molar-refractivity contribution is -0.165. The first-order chi connectivity index (χ1) is 17.2. The fraction of sp³-hybridized carbons (Fsp3) is 0.690. The molecule has 0 spiro atoms. The number of carbonyl (C=O) groups is 2. The van der Waals surface area contributed by atoms with Gasteiger partial charge in [-0.1, -0.05) is 40.2 Å². The van der Waals surface area contributed by atoms with Crippen molar-refractivity contribution in [1.29, 1.82) is 0 Å². The fourth-order valence-corrected chi connectivity index (χ4v) is 6.57. The fourth-order valence-electron chi connectivity index (χ4n) is 5.76. The SMILES string of the molecule is Cc1nc2cc(C3(C)CC4OC4(C)CCCC(C)C(O)C(C)C(=O)C(C)(C)C(O)CC(=O)O3)ccc2s1. The zero-order chi connectivity index (χ0) is 27.3. The number of aliphatic hydroxyl groups is 2. The number of aromatic nitrogens is 1. The van der Waals surface area contributed by atoms with E-state index in [0.29, 0.717) is 6.42 Å². The average Bonchev–Trinajstić information content (AvgIpc) is 3.27. The number of ketones is 1. The summed E-state index contributed by atoms with van der Waals surface area (Å²) in [7, 11) is 0. The number of ether oxygens (including phenoxy) is 2. The molecule has 2 aliphatic rings. The number of esters is 1. The van der Waals surface area contributed by atoms with Crippen LogP contribution in [-0.2, 0) is 24.7 Å². The lowest BCUT2D eigenvalue weighted by Gasteiger charge is -2.35. The number of carbonyl (C=O) groups excluding carboxylic acids is 2. The summed E-state index contributed by atoms with van der Waals surface area (Å²) in [6.45, 7) is 12.9. The molecule has 3 heterocycles. The van der Waals surface area contributed by atoms with Gasteiger partial charge in [0.15, 0.2) is 0 Å². The predicted octanol–water partition coefficient (Wildman–Crippen LogP) is 5.07. The standard InChI is InChI=1S/C29H41NO6S/c1-16-9-8-12-28(6)23(35-28)15-29(7,19-10-11-21-20(13-19)30-18(3)37-21)36-24(32)14-22(31)27(4,5)26(34)17(2)25(16)33/h10-11,13,16-17,22-23,25,31,33H,8-9,12,14-15H2,1-7H3. The maximum Gasteiger partial charge on any atom is 0.309 e. The van der Waals surface area contributed by atoms with Gasteiger partial charge in [0.2, 0.25) is 0 Å². The molecule has 37 heavy (non-hydrogen) atoms. The molecule has 4 rings (SSSR count). The van der Waals surface area contributed by atoms with Crippen LogP contribution in [0.1, 0.15) is 84.2 Å². The largest absolute Gasteiger partial charge is 0.454 e. The maximum absolute atomic E-state index is 13.3. The number of hydrogen-bond donors (Lipinski definition) is 2. The second kappa shape index (κ2) is 10.0. The number of cyclic esters (lactones) is 1. The maximum atomic E-state index is 13.3. The molecule has 0 amide bonds. The number of rotatable bonds is 1. The summed E-state index contributed by atoms with van der Waals surface area (Å²) in [6, 6.07) is 5.95. The minimum absolute atomic E-state index is 0.0795. The van der Waals surface area contributed by atoms with Gasteiger partial charge in [-0.2, -0.15) is 0 Å². The van der Waals surface area contributed by atoms with Crippen LogP contribution in [-0.4, -0.2) is 50.9 Å². The number of hydrogen-bond acceptors (Lipinski definition) is 8. The Morgan fingerprint density at radius 3 is 2.51 bits per heavy atom. The van der Waals surface area contributed by atoms with Crippen molar-refractivity contribution in [3.8, 4) is 0 Å². The van der Waals surface area contributed by atoms with Crippen molar-refractivity contribution < 1.29 is 29.3 Å². The zero-order valence-electron chi connectivity index (χ0n) is 23.0. The Morgan fingerprint density at radius 1 is 1.11 bits per heavy atom. The molecule has 2 saturated heterocycles. The van der Waals surface area contributed by atoms with Crippen molar-refractivity contribution >= 4 is 33.3 Å². The van der Waals surface area contributed by atoms with Crippen LogP contribution < -0.4 is 0 Å². The number of Topliss-reactive ketones (excluding diaryl/α,β-unsaturated/α-hetero) is 1. The summed E-state index contributed by atoms with van der Waals surface area (Å²) in [4.78, 5) is 31.2. The van der Waals surface area contributed by atoms with Crippen molar-refractivity contribution in [2.24, 2.45) is 17.3 Å². The quantitative estimate of drug-likeness (QED) is 0.390. The lowest BCUT2D eigenvalue weighted by atomic mass is 9.73. The Balaban J connectivity index is 1.67. The third kappa shape index (κ3) is 5.63. The van der Waals surface area contributed by atoms with Gasteiger partial charge in [-0.25, -0.2) is 4.98 Å². The minimum atomic E-state index is -1.25. The second-order valence-electron chi connectivity index (χ2n) is 12.2. The van der Waals surface area contributed by atoms with Gasteiger partial charge in [-0.3, -0.25) is 9.59 Å². The smallest absolute Gasteiger partial charge is 0.309 e. The minimum Gasteiger partial charge on any atom is -0.454 e. The average molecular weight is 532 g/mol. The van der Waals surface area contributed by atoms with Crippen LogP contribution >= 0.6 is 11.3 Å². The highest BCUT2D eigenvalue weighted by Crippen LogP contribution is 2.48. The molecular formula is C29H41NO6S. The van der Waals surface area contributed by atoms with Crippen molar-refractivity contribution in [3.63, 3.8) is 0 Å². The van der Waals surface area contributed by atoms with Crippen molar-refractivity contribution in [1.82, 2.24) is 4.98 Å². The molecule has 0 radical (unpaired) electrons. The summed E-state index contributed by atoms with van der Waals surface area (Å²) in [6.07, 6.45) is 0.405. The zero-order valence-corrected chi connectivity index (χ0v) is 23.9. The third-order valence-electron chi connectivity index (χ3n) is 8.72. The van der Waals surface area contributed by atoms with E-state index >= 15 is 0 Å². The Kier molecular flexibility index (Phi) is 7.63. The molecule has 2 N–H and O–H groups in total. The first-order valence-corrected chi connectivity index (χ1v) is 14.2. The summed E-state index contributed by atoms with van der Waals surface area (Å²) in [5, 5.41) is 22.9. The first-order valence-electron chi connectivity index (χ1n) is 13.3. The Hall–Kier alpha value is -1.87. The molecule has 8 heteroatoms. The highest BCUT2D eigenvalue weighted by atomic mass is 32.1. The van der Waals surface area contributed by atoms with E-state index in [1.165, 1.54) is 0 Å². The molecule has 0 aliphatic carbocycles. The van der Waals surface area contributed by atoms with Crippen LogP contribution in [0.4, 0.5) is 0 Å². The van der Waals surface area contributed by atoms with Crippen LogP contribution in [0.15, 0.2) is 18.2 Å². The molecule has 0 saturated carbocycles. The number of thiazole rings is 1. The molecule has 2 fully saturated rings. The molecule has 7 nitrogen and oxygen atoms in total. The highest BCUT2D eigenvalue weighted by Gasteiger charge is 2.55. The molecule has 2 aromatic rings. The van der Waals surface area contributed by atoms with Crippen molar-refractivity contribution in [2.75, 3.05) is 0 Å². The molecular weight excluding hydrogens is 490 g/mol. The number of fused-ring (bicyclic) bond motifs is 2. The Bertz CT molecular complexity index is 1180. The summed E-state index contributed by atoms with van der Waals surface area (Å²) < 4.78 is 13.3. The van der Waals surface area contributed by atoms with Crippen molar-refractivity contribution in [2.45, 2.75) is 110 Å². The van der Waals surface area contributed by atoms with E-state index in [2.05, 4.69) is 11.9 Å². The van der Waals surface area contributed by atoms with E-state index in [0.717, 1.165) is 40.1 Å². The van der Waals surface area contributed by atoms with Crippen LogP contribution in [0.5, 0.6) is 0 Å². The van der Waals surface area contributed by atoms with E-state index in [1.54, 1.807) is 32.1 Å². The first kappa shape index (κ1) is 28.1. The van der Waals surface area contributed by atoms with E-state index in [1.807, 2.05) is 39.0 Å². The summed E-state index contributed by atoms with van der Waals surface area (Å²) in [5.41, 5.74) is -0.862. The Morgan fingerprint density at radius 2 is 1.81 bits per heavy atom. The number of benzene rings is 1. The van der Waals surface area contributed by atoms with E-state index in [-0.39, 0.29) is 29.8 Å². The number of aryl methyl sites for hydroxylation is 1. The highest BCUT2D eigenvalue weighted by molar-refractivity contribution is 7.18. The normalized spacial score (nSPS) is 37.7. The van der Waals surface area contributed by atoms with E-state index in [4.69, 9.17) is 9.47 Å². The van der Waals surface area contributed by atoms with Crippen LogP contribution in [0.25, 0.3) is 10.2 Å². The molecule has 7 unspecified atom stereocenters. The predicted molar refractivity (Wildman–Crippen MR) is 143 cm³/mol. The van der Waals surface area contributed by atoms with Crippen LogP contribution in [0, 0.1) is 24.2 Å². The van der Waals surface area contributed by atoms with Gasteiger partial charge in [0.05, 0.1) is 51.0 Å². The van der Waals surface area contributed by atoms with Gasteiger partial charge in [0, 0.05) is 12.3 Å². The number of nitrogens with zero attached hydrogens (tertiary/aromatic N) is 1. The topological polar surface area (TPSA) is 109 Å². The molecule has 1 aromatic heterocycles. The molecule has 7 atom stereocenters. The van der Waals surface area contributed by atoms with Crippen LogP contribution in [0.3, 0.4) is 0 Å². The number of epoxide rings is 1. The molecule has 2 aliphatic heterocycles. The molecule has 204 valence electrons. The Labute approximate surface area is 223 Å². The molecule has 1 aromatic carbocycles. The second-order valence-corrected chi connectivity index (χ2v) is 13.4. The van der Waals surface area contributed by atoms with Gasteiger partial charge in [-0.05, 0) is 57.2 Å². The lowest BCUT2D eigenvalue weighted by Crippen LogP contribution is -2.46. The monoisotopic (exact) mass is 531 g/mol.